The minimum absolute atomic E-state index is 0.000297. The van der Waals surface area contributed by atoms with Gasteiger partial charge in [-0.15, -0.1) is 5.10 Å². The summed E-state index contributed by atoms with van der Waals surface area (Å²) in [5.74, 6) is 2.61. The van der Waals surface area contributed by atoms with Crippen molar-refractivity contribution in [3.05, 3.63) is 71.7 Å². The van der Waals surface area contributed by atoms with Crippen LogP contribution in [0.15, 0.2) is 48.7 Å². The number of benzene rings is 1. The molecule has 4 aliphatic rings. The van der Waals surface area contributed by atoms with Gasteiger partial charge in [0.2, 0.25) is 5.82 Å². The van der Waals surface area contributed by atoms with Crippen LogP contribution in [0.5, 0.6) is 0 Å². The molecule has 6 heterocycles. The Kier molecular flexibility index (Phi) is 7.03. The molecule has 3 aromatic heterocycles. The molecule has 2 bridgehead atoms. The number of carbonyl (C=O) groups excluding carboxylic acids is 1. The van der Waals surface area contributed by atoms with E-state index in [0.717, 1.165) is 30.7 Å². The molecule has 8 rings (SSSR count). The second-order valence-electron chi connectivity index (χ2n) is 9.92. The number of carbonyl (C=O) groups is 1. The zero-order valence-corrected chi connectivity index (χ0v) is 21.5. The summed E-state index contributed by atoms with van der Waals surface area (Å²) in [5.41, 5.74) is 7.06. The Morgan fingerprint density at radius 2 is 1.89 bits per heavy atom. The van der Waals surface area contributed by atoms with E-state index in [2.05, 4.69) is 51.9 Å². The van der Waals surface area contributed by atoms with Gasteiger partial charge in [0.1, 0.15) is 11.4 Å². The summed E-state index contributed by atoms with van der Waals surface area (Å²) >= 11 is 0. The molecule has 194 valence electrons. The van der Waals surface area contributed by atoms with Crippen LogP contribution < -0.4 is 10.6 Å². The second kappa shape index (κ2) is 10.4. The molecule has 0 amide bonds. The Labute approximate surface area is 216 Å². The molecule has 4 fully saturated rings. The lowest BCUT2D eigenvalue weighted by Crippen LogP contribution is -2.44. The summed E-state index contributed by atoms with van der Waals surface area (Å²) < 4.78 is 8.09. The third-order valence-corrected chi connectivity index (χ3v) is 7.45. The van der Waals surface area contributed by atoms with E-state index in [1.54, 1.807) is 0 Å². The van der Waals surface area contributed by atoms with E-state index < -0.39 is 5.60 Å². The number of hydrogen-bond donors (Lipinski definition) is 2. The quantitative estimate of drug-likeness (QED) is 0.408. The summed E-state index contributed by atoms with van der Waals surface area (Å²) in [6, 6.07) is 14.2. The number of aldehydes is 1. The smallest absolute Gasteiger partial charge is 0.214 e. The Balaban J connectivity index is 0.000000306. The van der Waals surface area contributed by atoms with Crippen LogP contribution in [0.3, 0.4) is 0 Å². The highest BCUT2D eigenvalue weighted by Crippen LogP contribution is 2.63. The zero-order chi connectivity index (χ0) is 26.0. The van der Waals surface area contributed by atoms with Gasteiger partial charge >= 0.3 is 0 Å². The van der Waals surface area contributed by atoms with Crippen molar-refractivity contribution >= 4 is 17.6 Å². The van der Waals surface area contributed by atoms with E-state index in [4.69, 9.17) is 14.8 Å². The molecule has 1 aromatic carbocycles. The largest absolute Gasteiger partial charge is 0.370 e. The molecular formula is C27H34N8O2. The zero-order valence-electron chi connectivity index (χ0n) is 21.5. The van der Waals surface area contributed by atoms with Crippen molar-refractivity contribution in [3.8, 4) is 0 Å². The van der Waals surface area contributed by atoms with Gasteiger partial charge in [0.15, 0.2) is 17.8 Å². The molecule has 3 saturated heterocycles. The van der Waals surface area contributed by atoms with Crippen LogP contribution in [0.1, 0.15) is 53.5 Å². The number of anilines is 1. The molecule has 1 aliphatic carbocycles. The Bertz CT molecular complexity index is 1320. The van der Waals surface area contributed by atoms with Gasteiger partial charge in [0, 0.05) is 13.1 Å². The first-order valence-electron chi connectivity index (χ1n) is 12.8. The molecule has 37 heavy (non-hydrogen) atoms. The van der Waals surface area contributed by atoms with Gasteiger partial charge in [-0.2, -0.15) is 5.10 Å². The monoisotopic (exact) mass is 502 g/mol. The molecule has 0 spiro atoms. The van der Waals surface area contributed by atoms with Gasteiger partial charge in [-0.05, 0) is 50.3 Å². The maximum atomic E-state index is 11.0. The number of nitrogens with zero attached hydrogens (tertiary/aromatic N) is 6. The summed E-state index contributed by atoms with van der Waals surface area (Å²) in [5, 5.41) is 11.7. The van der Waals surface area contributed by atoms with E-state index >= 15 is 0 Å². The standard InChI is InChI=1S/C20H23N7O2.C6H6.CH5N/c1-11-3-4-26(7-11)14-5-12(2)18-22-19(25-27(18)8-14)20-6-13(10-29-20)16(20)17-21-15(9-28)23-24-17;1-2-4-6-5-3-1;1-2/h5,8-9,11,13,16H,3-4,6-7,10H2,1-2H3,(H,21,23,24);1-6H;2H2,1H3. The number of aryl methyl sites for hydroxylation is 1. The number of rotatable bonds is 4. The van der Waals surface area contributed by atoms with Crippen molar-refractivity contribution in [2.45, 2.75) is 38.2 Å². The molecule has 3 N–H and O–H groups in total. The average molecular weight is 503 g/mol. The fourth-order valence-corrected chi connectivity index (χ4v) is 5.67. The number of H-pyrrole nitrogens is 1. The molecule has 1 saturated carbocycles. The highest BCUT2D eigenvalue weighted by Gasteiger charge is 2.66. The highest BCUT2D eigenvalue weighted by atomic mass is 16.5. The summed E-state index contributed by atoms with van der Waals surface area (Å²) in [7, 11) is 1.50. The number of nitrogens with one attached hydrogen (secondary N) is 1. The SMILES string of the molecule is CN.Cc1cc(N2CCC(C)C2)cn2nc(C34CC(CO3)C4c3nc(C=O)n[nH]3)nc12.c1ccccc1. The van der Waals surface area contributed by atoms with Crippen molar-refractivity contribution < 1.29 is 9.53 Å². The first-order chi connectivity index (χ1) is 18.1. The number of nitrogens with two attached hydrogens (primary N) is 1. The number of hydrogen-bond acceptors (Lipinski definition) is 8. The van der Waals surface area contributed by atoms with Crippen molar-refractivity contribution in [2.75, 3.05) is 31.6 Å². The minimum atomic E-state index is -0.592. The molecule has 4 aromatic rings. The van der Waals surface area contributed by atoms with E-state index in [1.165, 1.54) is 19.2 Å². The number of aromatic nitrogens is 6. The molecular weight excluding hydrogens is 468 g/mol. The maximum absolute atomic E-state index is 11.0. The first-order valence-corrected chi connectivity index (χ1v) is 12.8. The van der Waals surface area contributed by atoms with Crippen LogP contribution in [0.4, 0.5) is 5.69 Å². The molecule has 10 heteroatoms. The molecule has 4 atom stereocenters. The van der Waals surface area contributed by atoms with E-state index in [0.29, 0.717) is 36.4 Å². The van der Waals surface area contributed by atoms with Crippen LogP contribution in [0.25, 0.3) is 5.65 Å². The van der Waals surface area contributed by atoms with Crippen molar-refractivity contribution in [1.29, 1.82) is 0 Å². The van der Waals surface area contributed by atoms with Crippen LogP contribution >= 0.6 is 0 Å². The van der Waals surface area contributed by atoms with Gasteiger partial charge < -0.3 is 15.4 Å². The fraction of sp³-hybridized carbons (Fsp3) is 0.444. The summed E-state index contributed by atoms with van der Waals surface area (Å²) in [6.45, 7) is 7.18. The van der Waals surface area contributed by atoms with Crippen LogP contribution in [-0.2, 0) is 10.3 Å². The number of ether oxygens (including phenoxy) is 1. The van der Waals surface area contributed by atoms with Gasteiger partial charge in [-0.25, -0.2) is 14.5 Å². The van der Waals surface area contributed by atoms with Crippen LogP contribution in [0.2, 0.25) is 0 Å². The minimum Gasteiger partial charge on any atom is -0.370 e. The predicted molar refractivity (Wildman–Crippen MR) is 141 cm³/mol. The molecule has 0 radical (unpaired) electrons. The third-order valence-electron chi connectivity index (χ3n) is 7.45. The molecule has 4 unspecified atom stereocenters. The summed E-state index contributed by atoms with van der Waals surface area (Å²) in [4.78, 5) is 22.6. The maximum Gasteiger partial charge on any atom is 0.214 e. The fourth-order valence-electron chi connectivity index (χ4n) is 5.67. The van der Waals surface area contributed by atoms with E-state index in [9.17, 15) is 4.79 Å². The van der Waals surface area contributed by atoms with E-state index in [-0.39, 0.29) is 11.7 Å². The second-order valence-corrected chi connectivity index (χ2v) is 9.92. The lowest BCUT2D eigenvalue weighted by Gasteiger charge is -2.41. The Morgan fingerprint density at radius 1 is 1.16 bits per heavy atom. The highest BCUT2D eigenvalue weighted by molar-refractivity contribution is 5.68. The lowest BCUT2D eigenvalue weighted by molar-refractivity contribution is -0.0345. The van der Waals surface area contributed by atoms with Crippen molar-refractivity contribution in [2.24, 2.45) is 17.6 Å². The van der Waals surface area contributed by atoms with Gasteiger partial charge in [-0.3, -0.25) is 9.89 Å². The molecule has 10 nitrogen and oxygen atoms in total. The summed E-state index contributed by atoms with van der Waals surface area (Å²) in [6.07, 6.45) is 4.81. The van der Waals surface area contributed by atoms with Crippen molar-refractivity contribution in [1.82, 2.24) is 29.8 Å². The average Bonchev–Trinajstić information content (AvgIpc) is 3.74. The van der Waals surface area contributed by atoms with Crippen LogP contribution in [0, 0.1) is 18.8 Å². The lowest BCUT2D eigenvalue weighted by atomic mass is 9.63. The van der Waals surface area contributed by atoms with E-state index in [1.807, 2.05) is 40.9 Å². The number of fused-ring (bicyclic) bond motifs is 2. The number of aromatic amines is 1. The van der Waals surface area contributed by atoms with Gasteiger partial charge in [-0.1, -0.05) is 43.3 Å². The number of pyridine rings is 1. The predicted octanol–water partition coefficient (Wildman–Crippen LogP) is 3.11. The third kappa shape index (κ3) is 4.51. The normalized spacial score (nSPS) is 25.6. The topological polar surface area (TPSA) is 127 Å². The molecule has 3 aliphatic heterocycles. The Morgan fingerprint density at radius 3 is 2.49 bits per heavy atom. The van der Waals surface area contributed by atoms with Gasteiger partial charge in [0.25, 0.3) is 0 Å². The van der Waals surface area contributed by atoms with Crippen LogP contribution in [-0.4, -0.2) is 62.8 Å². The van der Waals surface area contributed by atoms with Crippen molar-refractivity contribution in [3.63, 3.8) is 0 Å². The van der Waals surface area contributed by atoms with Gasteiger partial charge in [0.05, 0.1) is 24.4 Å². The Hall–Kier alpha value is -3.63. The first kappa shape index (κ1) is 25.0.